The fourth-order valence-corrected chi connectivity index (χ4v) is 4.81. The molecule has 0 spiro atoms. The number of rotatable bonds is 5. The molecule has 1 heterocycles. The van der Waals surface area contributed by atoms with Crippen molar-refractivity contribution in [3.05, 3.63) is 54.3 Å². The SMILES string of the molecule is N#CC1(NC(=O)CSc2nnc(-c3ccc(F)cc3)c3ccccc23)CCCCCC1. The lowest BCUT2D eigenvalue weighted by Crippen LogP contribution is -2.47. The monoisotopic (exact) mass is 434 g/mol. The van der Waals surface area contributed by atoms with E-state index in [4.69, 9.17) is 0 Å². The molecule has 1 saturated carbocycles. The summed E-state index contributed by atoms with van der Waals surface area (Å²) in [5, 5.41) is 23.8. The Hall–Kier alpha value is -2.98. The van der Waals surface area contributed by atoms with Crippen LogP contribution in [0.25, 0.3) is 22.0 Å². The topological polar surface area (TPSA) is 78.7 Å². The fourth-order valence-electron chi connectivity index (χ4n) is 4.04. The minimum atomic E-state index is -0.756. The minimum absolute atomic E-state index is 0.165. The summed E-state index contributed by atoms with van der Waals surface area (Å²) in [5.74, 6) is -0.303. The van der Waals surface area contributed by atoms with E-state index < -0.39 is 5.54 Å². The van der Waals surface area contributed by atoms with Crippen LogP contribution in [0.4, 0.5) is 4.39 Å². The highest BCUT2D eigenvalue weighted by molar-refractivity contribution is 8.00. The summed E-state index contributed by atoms with van der Waals surface area (Å²) < 4.78 is 13.3. The second kappa shape index (κ2) is 9.44. The van der Waals surface area contributed by atoms with Crippen LogP contribution in [0.5, 0.6) is 0 Å². The largest absolute Gasteiger partial charge is 0.337 e. The number of hydrogen-bond acceptors (Lipinski definition) is 5. The van der Waals surface area contributed by atoms with Gasteiger partial charge in [0.15, 0.2) is 0 Å². The van der Waals surface area contributed by atoms with Gasteiger partial charge in [-0.1, -0.05) is 61.7 Å². The minimum Gasteiger partial charge on any atom is -0.337 e. The van der Waals surface area contributed by atoms with Crippen LogP contribution in [-0.2, 0) is 4.79 Å². The Morgan fingerprint density at radius 2 is 1.71 bits per heavy atom. The van der Waals surface area contributed by atoms with E-state index >= 15 is 0 Å². The molecule has 5 nitrogen and oxygen atoms in total. The second-order valence-electron chi connectivity index (χ2n) is 7.85. The number of aromatic nitrogens is 2. The van der Waals surface area contributed by atoms with Crippen LogP contribution >= 0.6 is 11.8 Å². The number of benzene rings is 2. The molecule has 2 aromatic carbocycles. The summed E-state index contributed by atoms with van der Waals surface area (Å²) in [7, 11) is 0. The van der Waals surface area contributed by atoms with E-state index in [1.807, 2.05) is 24.3 Å². The van der Waals surface area contributed by atoms with E-state index in [1.165, 1.54) is 23.9 Å². The van der Waals surface area contributed by atoms with E-state index in [0.29, 0.717) is 23.6 Å². The van der Waals surface area contributed by atoms with Gasteiger partial charge in [0.25, 0.3) is 0 Å². The normalized spacial score (nSPS) is 15.7. The average molecular weight is 435 g/mol. The number of nitrogens with zero attached hydrogens (tertiary/aromatic N) is 3. The second-order valence-corrected chi connectivity index (χ2v) is 8.82. The molecular formula is C24H23FN4OS. The molecule has 0 atom stereocenters. The van der Waals surface area contributed by atoms with Crippen LogP contribution in [0.2, 0.25) is 0 Å². The van der Waals surface area contributed by atoms with Crippen LogP contribution in [0, 0.1) is 17.1 Å². The number of halogens is 1. The molecule has 4 rings (SSSR count). The highest BCUT2D eigenvalue weighted by Crippen LogP contribution is 2.32. The number of carbonyl (C=O) groups excluding carboxylic acids is 1. The predicted octanol–water partition coefficient (Wildman–Crippen LogP) is 5.26. The van der Waals surface area contributed by atoms with Crippen molar-refractivity contribution in [3.63, 3.8) is 0 Å². The molecule has 1 N–H and O–H groups in total. The fraction of sp³-hybridized carbons (Fsp3) is 0.333. The summed E-state index contributed by atoms with van der Waals surface area (Å²) in [6, 6.07) is 16.2. The highest BCUT2D eigenvalue weighted by Gasteiger charge is 2.32. The summed E-state index contributed by atoms with van der Waals surface area (Å²) in [4.78, 5) is 12.7. The van der Waals surface area contributed by atoms with Gasteiger partial charge in [0.1, 0.15) is 22.1 Å². The number of fused-ring (bicyclic) bond motifs is 1. The summed E-state index contributed by atoms with van der Waals surface area (Å²) in [6.07, 6.45) is 5.54. The molecule has 0 bridgehead atoms. The molecule has 0 saturated heterocycles. The van der Waals surface area contributed by atoms with Crippen LogP contribution < -0.4 is 5.32 Å². The molecule has 1 aliphatic rings. The molecule has 0 radical (unpaired) electrons. The quantitative estimate of drug-likeness (QED) is 0.438. The zero-order valence-electron chi connectivity index (χ0n) is 17.1. The van der Waals surface area contributed by atoms with E-state index in [0.717, 1.165) is 42.0 Å². The first-order valence-electron chi connectivity index (χ1n) is 10.5. The lowest BCUT2D eigenvalue weighted by molar-refractivity contribution is -0.120. The van der Waals surface area contributed by atoms with Crippen molar-refractivity contribution in [2.24, 2.45) is 0 Å². The number of thioether (sulfide) groups is 1. The Morgan fingerprint density at radius 3 is 2.39 bits per heavy atom. The maximum atomic E-state index is 13.3. The third-order valence-electron chi connectivity index (χ3n) is 5.66. The van der Waals surface area contributed by atoms with Crippen molar-refractivity contribution < 1.29 is 9.18 Å². The molecule has 1 amide bonds. The Bertz CT molecular complexity index is 1120. The van der Waals surface area contributed by atoms with Crippen LogP contribution in [0.15, 0.2) is 53.6 Å². The molecule has 158 valence electrons. The molecule has 31 heavy (non-hydrogen) atoms. The van der Waals surface area contributed by atoms with E-state index in [-0.39, 0.29) is 17.5 Å². The van der Waals surface area contributed by atoms with Crippen molar-refractivity contribution in [2.75, 3.05) is 5.75 Å². The van der Waals surface area contributed by atoms with Gasteiger partial charge in [-0.3, -0.25) is 4.79 Å². The van der Waals surface area contributed by atoms with Gasteiger partial charge in [0.2, 0.25) is 5.91 Å². The van der Waals surface area contributed by atoms with Crippen molar-refractivity contribution in [1.82, 2.24) is 15.5 Å². The number of nitrogens with one attached hydrogen (secondary N) is 1. The molecule has 7 heteroatoms. The summed E-state index contributed by atoms with van der Waals surface area (Å²) in [6.45, 7) is 0. The highest BCUT2D eigenvalue weighted by atomic mass is 32.2. The Labute approximate surface area is 185 Å². The van der Waals surface area contributed by atoms with E-state index in [1.54, 1.807) is 12.1 Å². The lowest BCUT2D eigenvalue weighted by Gasteiger charge is -2.26. The molecule has 1 fully saturated rings. The Kier molecular flexibility index (Phi) is 6.47. The molecular weight excluding hydrogens is 411 g/mol. The van der Waals surface area contributed by atoms with Gasteiger partial charge in [0.05, 0.1) is 11.8 Å². The Morgan fingerprint density at radius 1 is 1.03 bits per heavy atom. The van der Waals surface area contributed by atoms with Crippen molar-refractivity contribution in [3.8, 4) is 17.3 Å². The Balaban J connectivity index is 1.53. The number of hydrogen-bond donors (Lipinski definition) is 1. The maximum Gasteiger partial charge on any atom is 0.231 e. The average Bonchev–Trinajstić information content (AvgIpc) is 3.04. The van der Waals surface area contributed by atoms with Gasteiger partial charge in [-0.15, -0.1) is 10.2 Å². The summed E-state index contributed by atoms with van der Waals surface area (Å²) >= 11 is 1.31. The zero-order valence-corrected chi connectivity index (χ0v) is 17.9. The van der Waals surface area contributed by atoms with Gasteiger partial charge >= 0.3 is 0 Å². The van der Waals surface area contributed by atoms with Crippen LogP contribution in [-0.4, -0.2) is 27.4 Å². The third-order valence-corrected chi connectivity index (χ3v) is 6.64. The first-order chi connectivity index (χ1) is 15.1. The van der Waals surface area contributed by atoms with E-state index in [9.17, 15) is 14.4 Å². The van der Waals surface area contributed by atoms with Gasteiger partial charge in [0, 0.05) is 16.3 Å². The molecule has 3 aromatic rings. The van der Waals surface area contributed by atoms with Gasteiger partial charge in [-0.2, -0.15) is 5.26 Å². The van der Waals surface area contributed by atoms with Crippen LogP contribution in [0.1, 0.15) is 38.5 Å². The van der Waals surface area contributed by atoms with E-state index in [2.05, 4.69) is 21.6 Å². The molecule has 1 aliphatic carbocycles. The smallest absolute Gasteiger partial charge is 0.231 e. The lowest BCUT2D eigenvalue weighted by atomic mass is 9.92. The molecule has 1 aromatic heterocycles. The van der Waals surface area contributed by atoms with Gasteiger partial charge < -0.3 is 5.32 Å². The molecule has 0 aliphatic heterocycles. The van der Waals surface area contributed by atoms with Gasteiger partial charge in [-0.25, -0.2) is 4.39 Å². The first-order valence-corrected chi connectivity index (χ1v) is 11.5. The number of nitriles is 1. The van der Waals surface area contributed by atoms with Crippen molar-refractivity contribution >= 4 is 28.4 Å². The van der Waals surface area contributed by atoms with Crippen LogP contribution in [0.3, 0.4) is 0 Å². The summed E-state index contributed by atoms with van der Waals surface area (Å²) in [5.41, 5.74) is 0.698. The first kappa shape index (κ1) is 21.3. The number of carbonyl (C=O) groups is 1. The molecule has 0 unspecified atom stereocenters. The maximum absolute atomic E-state index is 13.3. The standard InChI is InChI=1S/C24H23FN4OS/c25-18-11-9-17(10-12-18)22-19-7-3-4-8-20(19)23(29-28-22)31-15-21(30)27-24(16-26)13-5-1-2-6-14-24/h3-4,7-12H,1-2,5-6,13-15H2,(H,27,30). The van der Waals surface area contributed by atoms with Crippen molar-refractivity contribution in [1.29, 1.82) is 5.26 Å². The zero-order chi connectivity index (χ0) is 21.7. The number of amides is 1. The van der Waals surface area contributed by atoms with Crippen molar-refractivity contribution in [2.45, 2.75) is 49.1 Å². The predicted molar refractivity (Wildman–Crippen MR) is 120 cm³/mol. The third kappa shape index (κ3) is 4.86. The van der Waals surface area contributed by atoms with Gasteiger partial charge in [-0.05, 0) is 37.1 Å².